The lowest BCUT2D eigenvalue weighted by molar-refractivity contribution is -0.138. The van der Waals surface area contributed by atoms with Gasteiger partial charge in [-0.15, -0.1) is 0 Å². The molecule has 98 valence electrons. The molecule has 5 heteroatoms. The molecular formula is C13H16O5. The number of carbonyl (C=O) groups is 1. The van der Waals surface area contributed by atoms with Gasteiger partial charge in [-0.05, 0) is 24.5 Å². The fourth-order valence-corrected chi connectivity index (χ4v) is 2.50. The lowest BCUT2D eigenvalue weighted by Crippen LogP contribution is -2.08. The van der Waals surface area contributed by atoms with Crippen LogP contribution in [0.2, 0.25) is 0 Å². The van der Waals surface area contributed by atoms with Gasteiger partial charge in [0.1, 0.15) is 0 Å². The Kier molecular flexibility index (Phi) is 3.32. The number of fused-ring (bicyclic) bond motifs is 1. The summed E-state index contributed by atoms with van der Waals surface area (Å²) in [5.41, 5.74) is 1.67. The third kappa shape index (κ3) is 1.75. The van der Waals surface area contributed by atoms with Crippen LogP contribution in [0, 0.1) is 0 Å². The second-order valence-corrected chi connectivity index (χ2v) is 4.14. The smallest absolute Gasteiger partial charge is 0.310 e. The van der Waals surface area contributed by atoms with Gasteiger partial charge in [-0.25, -0.2) is 0 Å². The number of aliphatic carboxylic acids is 1. The van der Waals surface area contributed by atoms with E-state index in [1.54, 1.807) is 13.2 Å². The summed E-state index contributed by atoms with van der Waals surface area (Å²) in [7, 11) is 4.61. The molecule has 1 atom stereocenters. The highest BCUT2D eigenvalue weighted by Gasteiger charge is 2.33. The van der Waals surface area contributed by atoms with Gasteiger partial charge in [-0.2, -0.15) is 0 Å². The van der Waals surface area contributed by atoms with Crippen molar-refractivity contribution in [2.45, 2.75) is 18.8 Å². The maximum atomic E-state index is 11.2. The molecule has 0 amide bonds. The molecule has 0 bridgehead atoms. The number of carboxylic acids is 1. The summed E-state index contributed by atoms with van der Waals surface area (Å²) in [5, 5.41) is 9.20. The minimum Gasteiger partial charge on any atom is -0.493 e. The summed E-state index contributed by atoms with van der Waals surface area (Å²) in [5.74, 6) is 0.290. The molecule has 1 aromatic rings. The Morgan fingerprint density at radius 2 is 1.89 bits per heavy atom. The lowest BCUT2D eigenvalue weighted by Gasteiger charge is -2.16. The van der Waals surface area contributed by atoms with E-state index >= 15 is 0 Å². The number of benzene rings is 1. The van der Waals surface area contributed by atoms with E-state index in [1.807, 2.05) is 0 Å². The maximum absolute atomic E-state index is 11.2. The molecule has 1 aliphatic carbocycles. The van der Waals surface area contributed by atoms with Crippen LogP contribution in [0.1, 0.15) is 23.5 Å². The lowest BCUT2D eigenvalue weighted by atomic mass is 10.0. The molecule has 1 aromatic carbocycles. The SMILES string of the molecule is COc1cc2c(c(OC)c1OC)CC[C@@H]2C(=O)O. The van der Waals surface area contributed by atoms with Crippen molar-refractivity contribution in [1.82, 2.24) is 0 Å². The normalized spacial score (nSPS) is 17.2. The van der Waals surface area contributed by atoms with Crippen LogP contribution in [0.15, 0.2) is 6.07 Å². The number of rotatable bonds is 4. The Balaban J connectivity index is 2.63. The molecular weight excluding hydrogens is 236 g/mol. The number of methoxy groups -OCH3 is 3. The zero-order chi connectivity index (χ0) is 13.3. The molecule has 0 unspecified atom stereocenters. The van der Waals surface area contributed by atoms with Crippen LogP contribution in [0.25, 0.3) is 0 Å². The van der Waals surface area contributed by atoms with E-state index in [2.05, 4.69) is 0 Å². The first-order valence-corrected chi connectivity index (χ1v) is 5.68. The van der Waals surface area contributed by atoms with Gasteiger partial charge in [0.15, 0.2) is 11.5 Å². The van der Waals surface area contributed by atoms with Crippen LogP contribution in [-0.2, 0) is 11.2 Å². The Labute approximate surface area is 105 Å². The Morgan fingerprint density at radius 1 is 1.22 bits per heavy atom. The molecule has 0 aromatic heterocycles. The van der Waals surface area contributed by atoms with Gasteiger partial charge in [0, 0.05) is 5.56 Å². The number of hydrogen-bond acceptors (Lipinski definition) is 4. The summed E-state index contributed by atoms with van der Waals surface area (Å²) in [4.78, 5) is 11.2. The van der Waals surface area contributed by atoms with E-state index in [-0.39, 0.29) is 0 Å². The summed E-state index contributed by atoms with van der Waals surface area (Å²) in [6.45, 7) is 0. The average Bonchev–Trinajstić information content (AvgIpc) is 2.79. The zero-order valence-electron chi connectivity index (χ0n) is 10.6. The Hall–Kier alpha value is -1.91. The summed E-state index contributed by atoms with van der Waals surface area (Å²) < 4.78 is 15.9. The molecule has 0 radical (unpaired) electrons. The van der Waals surface area contributed by atoms with Crippen molar-refractivity contribution in [1.29, 1.82) is 0 Å². The quantitative estimate of drug-likeness (QED) is 0.885. The van der Waals surface area contributed by atoms with Crippen LogP contribution < -0.4 is 14.2 Å². The van der Waals surface area contributed by atoms with E-state index < -0.39 is 11.9 Å². The average molecular weight is 252 g/mol. The van der Waals surface area contributed by atoms with Crippen molar-refractivity contribution in [2.24, 2.45) is 0 Å². The summed E-state index contributed by atoms with van der Waals surface area (Å²) >= 11 is 0. The van der Waals surface area contributed by atoms with E-state index in [1.165, 1.54) is 14.2 Å². The highest BCUT2D eigenvalue weighted by Crippen LogP contribution is 2.48. The van der Waals surface area contributed by atoms with E-state index in [4.69, 9.17) is 14.2 Å². The first-order valence-electron chi connectivity index (χ1n) is 5.68. The van der Waals surface area contributed by atoms with Gasteiger partial charge in [0.2, 0.25) is 5.75 Å². The molecule has 0 saturated carbocycles. The minimum atomic E-state index is -0.817. The van der Waals surface area contributed by atoms with E-state index in [0.717, 1.165) is 11.1 Å². The van der Waals surface area contributed by atoms with Crippen LogP contribution in [0.4, 0.5) is 0 Å². The van der Waals surface area contributed by atoms with Crippen molar-refractivity contribution in [3.8, 4) is 17.2 Å². The Morgan fingerprint density at radius 3 is 2.39 bits per heavy atom. The molecule has 1 aliphatic rings. The molecule has 0 aliphatic heterocycles. The van der Waals surface area contributed by atoms with Crippen molar-refractivity contribution in [3.05, 3.63) is 17.2 Å². The third-order valence-corrected chi connectivity index (χ3v) is 3.32. The topological polar surface area (TPSA) is 65.0 Å². The standard InChI is InChI=1S/C13H16O5/c1-16-10-6-9-7(4-5-8(9)13(14)15)11(17-2)12(10)18-3/h6,8H,4-5H2,1-3H3,(H,14,15)/t8-/m0/s1. The minimum absolute atomic E-state index is 0.492. The molecule has 2 rings (SSSR count). The monoisotopic (exact) mass is 252 g/mol. The van der Waals surface area contributed by atoms with Crippen molar-refractivity contribution in [2.75, 3.05) is 21.3 Å². The van der Waals surface area contributed by atoms with Crippen LogP contribution in [0.5, 0.6) is 17.2 Å². The second kappa shape index (κ2) is 4.76. The zero-order valence-corrected chi connectivity index (χ0v) is 10.6. The molecule has 5 nitrogen and oxygen atoms in total. The summed E-state index contributed by atoms with van der Waals surface area (Å²) in [6.07, 6.45) is 1.26. The van der Waals surface area contributed by atoms with E-state index in [9.17, 15) is 9.90 Å². The van der Waals surface area contributed by atoms with Crippen molar-refractivity contribution >= 4 is 5.97 Å². The van der Waals surface area contributed by atoms with Crippen LogP contribution in [-0.4, -0.2) is 32.4 Å². The van der Waals surface area contributed by atoms with Gasteiger partial charge in [-0.3, -0.25) is 4.79 Å². The predicted molar refractivity (Wildman–Crippen MR) is 64.8 cm³/mol. The maximum Gasteiger partial charge on any atom is 0.310 e. The molecule has 0 heterocycles. The van der Waals surface area contributed by atoms with Crippen molar-refractivity contribution < 1.29 is 24.1 Å². The van der Waals surface area contributed by atoms with E-state index in [0.29, 0.717) is 30.1 Å². The van der Waals surface area contributed by atoms with Gasteiger partial charge >= 0.3 is 5.97 Å². The molecule has 1 N–H and O–H groups in total. The van der Waals surface area contributed by atoms with Crippen molar-refractivity contribution in [3.63, 3.8) is 0 Å². The van der Waals surface area contributed by atoms with Gasteiger partial charge in [-0.1, -0.05) is 0 Å². The predicted octanol–water partition coefficient (Wildman–Crippen LogP) is 1.83. The van der Waals surface area contributed by atoms with Crippen LogP contribution >= 0.6 is 0 Å². The molecule has 0 fully saturated rings. The second-order valence-electron chi connectivity index (χ2n) is 4.14. The highest BCUT2D eigenvalue weighted by atomic mass is 16.5. The fourth-order valence-electron chi connectivity index (χ4n) is 2.50. The van der Waals surface area contributed by atoms with Gasteiger partial charge in [0.25, 0.3) is 0 Å². The first-order chi connectivity index (χ1) is 8.63. The largest absolute Gasteiger partial charge is 0.493 e. The number of ether oxygens (including phenoxy) is 3. The molecule has 18 heavy (non-hydrogen) atoms. The summed E-state index contributed by atoms with van der Waals surface area (Å²) in [6, 6.07) is 1.74. The van der Waals surface area contributed by atoms with Crippen LogP contribution in [0.3, 0.4) is 0 Å². The fraction of sp³-hybridized carbons (Fsp3) is 0.462. The molecule has 0 saturated heterocycles. The number of carboxylic acid groups (broad SMARTS) is 1. The highest BCUT2D eigenvalue weighted by molar-refractivity contribution is 5.79. The number of hydrogen-bond donors (Lipinski definition) is 1. The van der Waals surface area contributed by atoms with Gasteiger partial charge < -0.3 is 19.3 Å². The Bertz CT molecular complexity index is 481. The molecule has 0 spiro atoms. The van der Waals surface area contributed by atoms with Gasteiger partial charge in [0.05, 0.1) is 27.2 Å². The third-order valence-electron chi connectivity index (χ3n) is 3.32. The first kappa shape index (κ1) is 12.5.